The van der Waals surface area contributed by atoms with Gasteiger partial charge in [0.1, 0.15) is 0 Å². The molecule has 0 rings (SSSR count). The predicted molar refractivity (Wildman–Crippen MR) is 80.7 cm³/mol. The Bertz CT molecular complexity index is 129. The van der Waals surface area contributed by atoms with Crippen molar-refractivity contribution in [3.63, 3.8) is 0 Å². The number of hydrogen-bond acceptors (Lipinski definition) is 2. The van der Waals surface area contributed by atoms with Crippen LogP contribution in [0.15, 0.2) is 17.1 Å². The van der Waals surface area contributed by atoms with Gasteiger partial charge in [-0.2, -0.15) is 0 Å². The number of rotatable bonds is 0. The Balaban J connectivity index is -0.0000000610. The summed E-state index contributed by atoms with van der Waals surface area (Å²) in [6.07, 6.45) is 0. The van der Waals surface area contributed by atoms with Crippen LogP contribution in [-0.4, -0.2) is 39.8 Å². The molecule has 0 aliphatic heterocycles. The van der Waals surface area contributed by atoms with Gasteiger partial charge in [0.05, 0.1) is 0 Å². The summed E-state index contributed by atoms with van der Waals surface area (Å²) in [5.41, 5.74) is 1.67. The first-order valence-electron chi connectivity index (χ1n) is 5.46. The standard InChI is InChI=1S/C5H12.C4H8.C3H9N.C2H5N/c1-5(2,3)4;2*1-4(2)3;1-3-2/h1-4H3;1H2,2-3H3;1-3H3;1H2,2H3. The van der Waals surface area contributed by atoms with Crippen molar-refractivity contribution >= 4 is 6.72 Å². The summed E-state index contributed by atoms with van der Waals surface area (Å²) in [6, 6.07) is 0. The molecule has 0 saturated heterocycles. The Morgan fingerprint density at radius 2 is 1.00 bits per heavy atom. The van der Waals surface area contributed by atoms with Crippen LogP contribution in [0.3, 0.4) is 0 Å². The largest absolute Gasteiger partial charge is 0.312 e. The lowest BCUT2D eigenvalue weighted by atomic mass is 10.0. The fourth-order valence-electron chi connectivity index (χ4n) is 0. The second-order valence-electron chi connectivity index (χ2n) is 5.86. The van der Waals surface area contributed by atoms with Crippen molar-refractivity contribution < 1.29 is 0 Å². The Morgan fingerprint density at radius 1 is 1.00 bits per heavy atom. The molecule has 0 aromatic carbocycles. The van der Waals surface area contributed by atoms with E-state index in [1.165, 1.54) is 5.57 Å². The van der Waals surface area contributed by atoms with Crippen molar-refractivity contribution in [2.24, 2.45) is 10.4 Å². The summed E-state index contributed by atoms with van der Waals surface area (Å²) in [5.74, 6) is 0. The van der Waals surface area contributed by atoms with Gasteiger partial charge in [0.25, 0.3) is 0 Å². The van der Waals surface area contributed by atoms with Crippen molar-refractivity contribution in [3.05, 3.63) is 12.2 Å². The van der Waals surface area contributed by atoms with Crippen LogP contribution in [0.25, 0.3) is 0 Å². The third-order valence-corrected chi connectivity index (χ3v) is 0. The molecule has 0 N–H and O–H groups in total. The molecule has 0 aliphatic rings. The van der Waals surface area contributed by atoms with E-state index in [0.717, 1.165) is 0 Å². The maximum Gasteiger partial charge on any atom is 0.0269 e. The fraction of sp³-hybridized carbons (Fsp3) is 0.786. The Morgan fingerprint density at radius 3 is 1.00 bits per heavy atom. The van der Waals surface area contributed by atoms with Gasteiger partial charge in [-0.1, -0.05) is 33.3 Å². The smallest absolute Gasteiger partial charge is 0.0269 e. The third kappa shape index (κ3) is 5150. The SMILES string of the molecule is C=C(C)C.C=NC.CC(C)(C)C.CN(C)C. The minimum Gasteiger partial charge on any atom is -0.312 e. The van der Waals surface area contributed by atoms with Gasteiger partial charge in [-0.05, 0) is 47.1 Å². The van der Waals surface area contributed by atoms with E-state index < -0.39 is 0 Å². The normalized spacial score (nSPS) is 8.44. The highest BCUT2D eigenvalue weighted by molar-refractivity contribution is 5.22. The van der Waals surface area contributed by atoms with E-state index in [4.69, 9.17) is 0 Å². The van der Waals surface area contributed by atoms with Crippen LogP contribution in [0.5, 0.6) is 0 Å². The first kappa shape index (κ1) is 24.6. The minimum atomic E-state index is 0.500. The van der Waals surface area contributed by atoms with Gasteiger partial charge >= 0.3 is 0 Å². The summed E-state index contributed by atoms with van der Waals surface area (Å²) < 4.78 is 0. The van der Waals surface area contributed by atoms with E-state index in [9.17, 15) is 0 Å². The monoisotopic (exact) mass is 230 g/mol. The summed E-state index contributed by atoms with van der Waals surface area (Å²) in [4.78, 5) is 5.25. The molecule has 100 valence electrons. The van der Waals surface area contributed by atoms with E-state index in [0.29, 0.717) is 5.41 Å². The van der Waals surface area contributed by atoms with E-state index >= 15 is 0 Å². The molecule has 16 heavy (non-hydrogen) atoms. The van der Waals surface area contributed by atoms with E-state index in [2.05, 4.69) is 46.0 Å². The van der Waals surface area contributed by atoms with Gasteiger partial charge in [-0.15, -0.1) is 6.58 Å². The molecule has 2 nitrogen and oxygen atoms in total. The summed E-state index contributed by atoms with van der Waals surface area (Å²) in [7, 11) is 7.64. The third-order valence-electron chi connectivity index (χ3n) is 0. The van der Waals surface area contributed by atoms with Gasteiger partial charge < -0.3 is 9.89 Å². The second-order valence-corrected chi connectivity index (χ2v) is 5.86. The molecule has 0 heterocycles. The van der Waals surface area contributed by atoms with E-state index in [1.807, 2.05) is 39.9 Å². The highest BCUT2D eigenvalue weighted by atomic mass is 15.0. The molecule has 0 aliphatic carbocycles. The lowest BCUT2D eigenvalue weighted by molar-refractivity contribution is 0.469. The summed E-state index contributed by atoms with van der Waals surface area (Å²) in [5, 5.41) is 0. The molecule has 0 saturated carbocycles. The minimum absolute atomic E-state index is 0.500. The lowest BCUT2D eigenvalue weighted by Crippen LogP contribution is -1.99. The first-order chi connectivity index (χ1) is 6.88. The second kappa shape index (κ2) is 16.8. The van der Waals surface area contributed by atoms with Crippen molar-refractivity contribution in [1.82, 2.24) is 4.90 Å². The number of aliphatic imine (C=N–C) groups is 1. The molecule has 0 radical (unpaired) electrons. The zero-order valence-electron chi connectivity index (χ0n) is 13.3. The Hall–Kier alpha value is -0.630. The van der Waals surface area contributed by atoms with Gasteiger partial charge in [-0.3, -0.25) is 0 Å². The Kier molecular flexibility index (Phi) is 25.8. The van der Waals surface area contributed by atoms with Crippen LogP contribution < -0.4 is 0 Å². The topological polar surface area (TPSA) is 15.6 Å². The zero-order valence-corrected chi connectivity index (χ0v) is 13.3. The van der Waals surface area contributed by atoms with Crippen molar-refractivity contribution in [2.75, 3.05) is 28.2 Å². The molecule has 2 heteroatoms. The van der Waals surface area contributed by atoms with Crippen LogP contribution in [0, 0.1) is 5.41 Å². The average Bonchev–Trinajstić information content (AvgIpc) is 1.78. The van der Waals surface area contributed by atoms with Gasteiger partial charge in [0, 0.05) is 7.05 Å². The lowest BCUT2D eigenvalue weighted by Gasteiger charge is -2.05. The molecule has 0 atom stereocenters. The highest BCUT2D eigenvalue weighted by Gasteiger charge is 1.95. The van der Waals surface area contributed by atoms with Gasteiger partial charge in [-0.25, -0.2) is 0 Å². The number of hydrogen-bond donors (Lipinski definition) is 0. The Labute approximate surface area is 104 Å². The van der Waals surface area contributed by atoms with Gasteiger partial charge in [0.15, 0.2) is 0 Å². The van der Waals surface area contributed by atoms with Crippen molar-refractivity contribution in [2.45, 2.75) is 41.5 Å². The van der Waals surface area contributed by atoms with Crippen LogP contribution >= 0.6 is 0 Å². The summed E-state index contributed by atoms with van der Waals surface area (Å²) in [6.45, 7) is 19.4. The fourth-order valence-corrected chi connectivity index (χ4v) is 0. The molecule has 0 unspecified atom stereocenters. The van der Waals surface area contributed by atoms with E-state index in [-0.39, 0.29) is 0 Å². The maximum absolute atomic E-state index is 3.56. The van der Waals surface area contributed by atoms with Gasteiger partial charge in [0.2, 0.25) is 0 Å². The molecule has 0 aromatic heterocycles. The molecular weight excluding hydrogens is 196 g/mol. The van der Waals surface area contributed by atoms with Crippen LogP contribution in [0.1, 0.15) is 41.5 Å². The molecular formula is C14H34N2. The van der Waals surface area contributed by atoms with Crippen LogP contribution in [0.2, 0.25) is 0 Å². The zero-order chi connectivity index (χ0) is 14.4. The predicted octanol–water partition coefficient (Wildman–Crippen LogP) is 4.13. The maximum atomic E-state index is 3.56. The van der Waals surface area contributed by atoms with Crippen LogP contribution in [0.4, 0.5) is 0 Å². The highest BCUT2D eigenvalue weighted by Crippen LogP contribution is 2.07. The molecule has 0 fully saturated rings. The average molecular weight is 230 g/mol. The summed E-state index contributed by atoms with van der Waals surface area (Å²) >= 11 is 0. The molecule has 0 aromatic rings. The van der Waals surface area contributed by atoms with Crippen LogP contribution in [-0.2, 0) is 0 Å². The molecule has 0 amide bonds. The van der Waals surface area contributed by atoms with Crippen molar-refractivity contribution in [1.29, 1.82) is 0 Å². The van der Waals surface area contributed by atoms with Crippen molar-refractivity contribution in [3.8, 4) is 0 Å². The quantitative estimate of drug-likeness (QED) is 0.451. The number of nitrogens with zero attached hydrogens (tertiary/aromatic N) is 2. The number of allylic oxidation sites excluding steroid dienone is 1. The molecule has 0 bridgehead atoms. The van der Waals surface area contributed by atoms with E-state index in [1.54, 1.807) is 7.05 Å². The first-order valence-corrected chi connectivity index (χ1v) is 5.46. The molecule has 0 spiro atoms.